The molecule has 3 N–H and O–H groups in total. The molecule has 0 rings (SSSR count). The van der Waals surface area contributed by atoms with E-state index >= 15 is 0 Å². The molecule has 0 fully saturated rings. The van der Waals surface area contributed by atoms with Gasteiger partial charge in [-0.1, -0.05) is 103 Å². The van der Waals surface area contributed by atoms with Crippen LogP contribution in [0.4, 0.5) is 0 Å². The number of phosphoric ester groups is 1. The Bertz CT molecular complexity index is 371. The van der Waals surface area contributed by atoms with Gasteiger partial charge in [0.25, 0.3) is 0 Å². The van der Waals surface area contributed by atoms with Gasteiger partial charge in [-0.05, 0) is 6.42 Å². The van der Waals surface area contributed by atoms with Crippen molar-refractivity contribution < 1.29 is 23.2 Å². The second kappa shape index (κ2) is 22.7. The Morgan fingerprint density at radius 3 is 1.48 bits per heavy atom. The van der Waals surface area contributed by atoms with Gasteiger partial charge in [0.15, 0.2) is 0 Å². The summed E-state index contributed by atoms with van der Waals surface area (Å²) in [7, 11) is -3.96. The van der Waals surface area contributed by atoms with E-state index in [1.807, 2.05) is 0 Å². The van der Waals surface area contributed by atoms with E-state index in [9.17, 15) is 9.46 Å². The third kappa shape index (κ3) is 24.2. The van der Waals surface area contributed by atoms with Gasteiger partial charge in [-0.2, -0.15) is 0 Å². The fraction of sp³-hybridized carbons (Fsp3) is 1.00. The Labute approximate surface area is 179 Å². The molecule has 6 nitrogen and oxygen atoms in total. The van der Waals surface area contributed by atoms with Gasteiger partial charge in [0, 0.05) is 13.2 Å². The normalized spacial score (nSPS) is 13.6. The lowest BCUT2D eigenvalue weighted by atomic mass is 10.0. The molecule has 1 atom stereocenters. The summed E-state index contributed by atoms with van der Waals surface area (Å²) in [5.41, 5.74) is 5.20. The maximum Gasteiger partial charge on any atom is 0.472 e. The smallest absolute Gasteiger partial charge is 0.379 e. The third-order valence-corrected chi connectivity index (χ3v) is 6.01. The van der Waals surface area contributed by atoms with E-state index in [1.54, 1.807) is 0 Å². The molecule has 0 heterocycles. The quantitative estimate of drug-likeness (QED) is 0.135. The molecule has 29 heavy (non-hydrogen) atoms. The van der Waals surface area contributed by atoms with E-state index in [0.717, 1.165) is 6.42 Å². The van der Waals surface area contributed by atoms with Crippen molar-refractivity contribution in [1.82, 2.24) is 0 Å². The number of rotatable bonds is 24. The van der Waals surface area contributed by atoms with Gasteiger partial charge in [-0.3, -0.25) is 9.05 Å². The topological polar surface area (TPSA) is 91.0 Å². The first-order valence-corrected chi connectivity index (χ1v) is 13.5. The van der Waals surface area contributed by atoms with Gasteiger partial charge in [-0.25, -0.2) is 4.57 Å². The first kappa shape index (κ1) is 29.0. The Morgan fingerprint density at radius 2 is 1.03 bits per heavy atom. The van der Waals surface area contributed by atoms with Crippen molar-refractivity contribution in [2.24, 2.45) is 5.73 Å². The molecule has 1 unspecified atom stereocenters. The van der Waals surface area contributed by atoms with Crippen molar-refractivity contribution in [1.29, 1.82) is 0 Å². The molecule has 0 aromatic heterocycles. The van der Waals surface area contributed by atoms with Crippen LogP contribution in [-0.4, -0.2) is 37.9 Å². The van der Waals surface area contributed by atoms with Crippen LogP contribution in [0.3, 0.4) is 0 Å². The zero-order valence-electron chi connectivity index (χ0n) is 19.0. The number of unbranched alkanes of at least 4 members (excludes halogenated alkanes) is 15. The summed E-state index contributed by atoms with van der Waals surface area (Å²) in [5, 5.41) is 0. The van der Waals surface area contributed by atoms with E-state index in [0.29, 0.717) is 13.2 Å². The molecule has 7 heteroatoms. The Morgan fingerprint density at radius 1 is 0.621 bits per heavy atom. The summed E-state index contributed by atoms with van der Waals surface area (Å²) in [6.07, 6.45) is 21.6. The highest BCUT2D eigenvalue weighted by molar-refractivity contribution is 7.47. The third-order valence-electron chi connectivity index (χ3n) is 5.00. The molecule has 0 aliphatic rings. The number of phosphoric acid groups is 1. The summed E-state index contributed by atoms with van der Waals surface area (Å²) >= 11 is 0. The van der Waals surface area contributed by atoms with Crippen LogP contribution < -0.4 is 5.73 Å². The first-order chi connectivity index (χ1) is 14.1. The molecular formula is C22H48NO5P. The lowest BCUT2D eigenvalue weighted by molar-refractivity contribution is 0.0753. The molecule has 0 saturated carbocycles. The second-order valence-electron chi connectivity index (χ2n) is 7.84. The maximum absolute atomic E-state index is 11.4. The monoisotopic (exact) mass is 437 g/mol. The molecule has 0 aliphatic carbocycles. The molecule has 0 bridgehead atoms. The zero-order valence-corrected chi connectivity index (χ0v) is 19.8. The number of ether oxygens (including phenoxy) is 1. The predicted octanol–water partition coefficient (Wildman–Crippen LogP) is 6.36. The fourth-order valence-corrected chi connectivity index (χ4v) is 3.99. The summed E-state index contributed by atoms with van der Waals surface area (Å²) in [5.74, 6) is 0. The number of nitrogens with two attached hydrogens (primary N) is 1. The highest BCUT2D eigenvalue weighted by Crippen LogP contribution is 2.42. The van der Waals surface area contributed by atoms with Crippen LogP contribution in [0.2, 0.25) is 0 Å². The molecule has 0 aromatic rings. The second-order valence-corrected chi connectivity index (χ2v) is 9.29. The van der Waals surface area contributed by atoms with Crippen molar-refractivity contribution >= 4 is 7.82 Å². The standard InChI is InChI=1S/C22H48NO5P/c1-2-3-4-5-6-7-8-9-10-11-12-13-14-15-16-17-19-26-21-22-28-29(24,25)27-20-18-23/h2-23H2,1H3,(H,24,25). The van der Waals surface area contributed by atoms with E-state index in [1.165, 1.54) is 96.3 Å². The largest absolute Gasteiger partial charge is 0.472 e. The van der Waals surface area contributed by atoms with Gasteiger partial charge in [-0.15, -0.1) is 0 Å². The Balaban J connectivity index is 3.13. The molecule has 0 saturated heterocycles. The van der Waals surface area contributed by atoms with Gasteiger partial charge in [0.05, 0.1) is 19.8 Å². The predicted molar refractivity (Wildman–Crippen MR) is 121 cm³/mol. The highest BCUT2D eigenvalue weighted by Gasteiger charge is 2.19. The van der Waals surface area contributed by atoms with Crippen molar-refractivity contribution in [2.75, 3.05) is 33.0 Å². The Kier molecular flexibility index (Phi) is 22.7. The number of hydrogen-bond donors (Lipinski definition) is 2. The lowest BCUT2D eigenvalue weighted by Crippen LogP contribution is -2.10. The van der Waals surface area contributed by atoms with E-state index in [-0.39, 0.29) is 19.8 Å². The molecule has 0 amide bonds. The van der Waals surface area contributed by atoms with E-state index in [2.05, 4.69) is 11.4 Å². The van der Waals surface area contributed by atoms with Gasteiger partial charge in [0.1, 0.15) is 0 Å². The summed E-state index contributed by atoms with van der Waals surface area (Å²) in [4.78, 5) is 9.30. The van der Waals surface area contributed by atoms with Crippen molar-refractivity contribution in [2.45, 2.75) is 110 Å². The maximum atomic E-state index is 11.4. The van der Waals surface area contributed by atoms with Crippen molar-refractivity contribution in [3.63, 3.8) is 0 Å². The first-order valence-electron chi connectivity index (χ1n) is 12.0. The number of hydrogen-bond acceptors (Lipinski definition) is 5. The molecule has 0 aromatic carbocycles. The molecule has 176 valence electrons. The fourth-order valence-electron chi connectivity index (χ4n) is 3.27. The van der Waals surface area contributed by atoms with Crippen LogP contribution >= 0.6 is 7.82 Å². The molecular weight excluding hydrogens is 389 g/mol. The van der Waals surface area contributed by atoms with Crippen molar-refractivity contribution in [3.05, 3.63) is 0 Å². The average molecular weight is 438 g/mol. The molecule has 0 spiro atoms. The van der Waals surface area contributed by atoms with Gasteiger partial charge in [0.2, 0.25) is 0 Å². The SMILES string of the molecule is CCCCCCCCCCCCCCCCCCOCCOP(=O)(O)OCCN. The lowest BCUT2D eigenvalue weighted by Gasteiger charge is -2.11. The van der Waals surface area contributed by atoms with Gasteiger partial charge >= 0.3 is 7.82 Å². The highest BCUT2D eigenvalue weighted by atomic mass is 31.2. The summed E-state index contributed by atoms with van der Waals surface area (Å²) < 4.78 is 26.2. The average Bonchev–Trinajstić information content (AvgIpc) is 2.71. The molecule has 0 aliphatic heterocycles. The van der Waals surface area contributed by atoms with Crippen LogP contribution in [0.5, 0.6) is 0 Å². The van der Waals surface area contributed by atoms with Crippen LogP contribution in [0, 0.1) is 0 Å². The van der Waals surface area contributed by atoms with Crippen LogP contribution in [0.15, 0.2) is 0 Å². The van der Waals surface area contributed by atoms with E-state index in [4.69, 9.17) is 15.0 Å². The Hall–Kier alpha value is 0.0300. The van der Waals surface area contributed by atoms with Crippen LogP contribution in [0.1, 0.15) is 110 Å². The zero-order chi connectivity index (χ0) is 21.5. The van der Waals surface area contributed by atoms with Crippen LogP contribution in [-0.2, 0) is 18.3 Å². The minimum atomic E-state index is -3.96. The summed E-state index contributed by atoms with van der Waals surface area (Å²) in [6.45, 7) is 3.49. The minimum Gasteiger partial charge on any atom is -0.379 e. The van der Waals surface area contributed by atoms with Gasteiger partial charge < -0.3 is 15.4 Å². The summed E-state index contributed by atoms with van der Waals surface area (Å²) in [6, 6.07) is 0. The minimum absolute atomic E-state index is 0.00777. The molecule has 0 radical (unpaired) electrons. The van der Waals surface area contributed by atoms with Crippen LogP contribution in [0.25, 0.3) is 0 Å². The van der Waals surface area contributed by atoms with E-state index < -0.39 is 7.82 Å². The van der Waals surface area contributed by atoms with Crippen molar-refractivity contribution in [3.8, 4) is 0 Å².